The molecule has 0 amide bonds. The number of alkyl halides is 3. The highest BCUT2D eigenvalue weighted by Crippen LogP contribution is 2.37. The van der Waals surface area contributed by atoms with Crippen LogP contribution >= 0.6 is 0 Å². The summed E-state index contributed by atoms with van der Waals surface area (Å²) in [6.07, 6.45) is -4.45. The summed E-state index contributed by atoms with van der Waals surface area (Å²) in [5.41, 5.74) is -0.00879. The zero-order chi connectivity index (χ0) is 13.3. The average Bonchev–Trinajstić information content (AvgIpc) is 2.27. The molecule has 0 bridgehead atoms. The van der Waals surface area contributed by atoms with Crippen molar-refractivity contribution in [2.75, 3.05) is 0 Å². The van der Waals surface area contributed by atoms with Crippen molar-refractivity contribution in [1.29, 1.82) is 0 Å². The molecule has 0 heterocycles. The van der Waals surface area contributed by atoms with Crippen LogP contribution in [0.15, 0.2) is 42.5 Å². The Morgan fingerprint density at radius 3 is 2.28 bits per heavy atom. The predicted molar refractivity (Wildman–Crippen MR) is 61.6 cm³/mol. The van der Waals surface area contributed by atoms with E-state index in [1.807, 2.05) is 0 Å². The van der Waals surface area contributed by atoms with E-state index < -0.39 is 17.6 Å². The Morgan fingerprint density at radius 1 is 0.944 bits per heavy atom. The molecule has 0 fully saturated rings. The van der Waals surface area contributed by atoms with E-state index in [4.69, 9.17) is 0 Å². The summed E-state index contributed by atoms with van der Waals surface area (Å²) in [7, 11) is 0. The minimum atomic E-state index is -4.45. The first-order valence-corrected chi connectivity index (χ1v) is 5.32. The Hall–Kier alpha value is -1.84. The van der Waals surface area contributed by atoms with Crippen molar-refractivity contribution in [1.82, 2.24) is 0 Å². The van der Waals surface area contributed by atoms with Gasteiger partial charge in [-0.15, -0.1) is 0 Å². The number of benzene rings is 2. The second kappa shape index (κ2) is 4.44. The summed E-state index contributed by atoms with van der Waals surface area (Å²) in [5.74, 6) is -0.554. The average molecular weight is 254 g/mol. The molecule has 2 aromatic carbocycles. The molecule has 0 aromatic heterocycles. The van der Waals surface area contributed by atoms with Crippen LogP contribution in [0.25, 0.3) is 11.1 Å². The molecule has 4 heteroatoms. The van der Waals surface area contributed by atoms with Gasteiger partial charge in [-0.3, -0.25) is 0 Å². The van der Waals surface area contributed by atoms with Crippen molar-refractivity contribution in [3.05, 3.63) is 59.4 Å². The maximum atomic E-state index is 13.1. The molecule has 94 valence electrons. The van der Waals surface area contributed by atoms with Crippen LogP contribution in [0.5, 0.6) is 0 Å². The van der Waals surface area contributed by atoms with Crippen molar-refractivity contribution in [3.63, 3.8) is 0 Å². The van der Waals surface area contributed by atoms with Crippen LogP contribution in [0.4, 0.5) is 17.6 Å². The molecule has 0 nitrogen and oxygen atoms in total. The molecular weight excluding hydrogens is 244 g/mol. The molecule has 0 atom stereocenters. The van der Waals surface area contributed by atoms with Crippen LogP contribution in [0, 0.1) is 12.7 Å². The van der Waals surface area contributed by atoms with Crippen LogP contribution in [0.3, 0.4) is 0 Å². The molecule has 0 aliphatic carbocycles. The molecule has 2 aromatic rings. The van der Waals surface area contributed by atoms with Crippen LogP contribution in [0.2, 0.25) is 0 Å². The summed E-state index contributed by atoms with van der Waals surface area (Å²) in [6, 6.07) is 9.17. The third-order valence-electron chi connectivity index (χ3n) is 2.62. The van der Waals surface area contributed by atoms with E-state index >= 15 is 0 Å². The summed E-state index contributed by atoms with van der Waals surface area (Å²) < 4.78 is 51.8. The third-order valence-corrected chi connectivity index (χ3v) is 2.62. The SMILES string of the molecule is Cc1ccc(-c2cccc(F)c2)c(C(F)(F)F)c1. The number of hydrogen-bond donors (Lipinski definition) is 0. The fourth-order valence-electron chi connectivity index (χ4n) is 1.80. The first-order chi connectivity index (χ1) is 8.38. The Bertz CT molecular complexity index is 570. The molecule has 2 rings (SSSR count). The molecule has 0 spiro atoms. The van der Waals surface area contributed by atoms with Gasteiger partial charge in [-0.25, -0.2) is 4.39 Å². The smallest absolute Gasteiger partial charge is 0.207 e. The number of halogens is 4. The van der Waals surface area contributed by atoms with Gasteiger partial charge in [0.05, 0.1) is 5.56 Å². The van der Waals surface area contributed by atoms with Crippen molar-refractivity contribution < 1.29 is 17.6 Å². The normalized spacial score (nSPS) is 11.6. The molecule has 0 saturated carbocycles. The maximum Gasteiger partial charge on any atom is 0.417 e. The van der Waals surface area contributed by atoms with Gasteiger partial charge in [-0.2, -0.15) is 13.2 Å². The molecule has 0 N–H and O–H groups in total. The maximum absolute atomic E-state index is 13.1. The van der Waals surface area contributed by atoms with E-state index in [2.05, 4.69) is 0 Å². The summed E-state index contributed by atoms with van der Waals surface area (Å²) in [4.78, 5) is 0. The van der Waals surface area contributed by atoms with Crippen molar-refractivity contribution >= 4 is 0 Å². The molecular formula is C14H10F4. The fourth-order valence-corrected chi connectivity index (χ4v) is 1.80. The highest BCUT2D eigenvalue weighted by Gasteiger charge is 2.33. The van der Waals surface area contributed by atoms with Crippen LogP contribution in [0.1, 0.15) is 11.1 Å². The molecule has 0 aliphatic rings. The Morgan fingerprint density at radius 2 is 1.67 bits per heavy atom. The van der Waals surface area contributed by atoms with Gasteiger partial charge in [0.25, 0.3) is 0 Å². The van der Waals surface area contributed by atoms with Crippen LogP contribution in [-0.4, -0.2) is 0 Å². The largest absolute Gasteiger partial charge is 0.417 e. The van der Waals surface area contributed by atoms with E-state index in [0.29, 0.717) is 5.56 Å². The molecule has 0 unspecified atom stereocenters. The number of aryl methyl sites for hydroxylation is 1. The van der Waals surface area contributed by atoms with Crippen molar-refractivity contribution in [3.8, 4) is 11.1 Å². The molecule has 18 heavy (non-hydrogen) atoms. The lowest BCUT2D eigenvalue weighted by molar-refractivity contribution is -0.137. The highest BCUT2D eigenvalue weighted by atomic mass is 19.4. The van der Waals surface area contributed by atoms with Gasteiger partial charge < -0.3 is 0 Å². The Balaban J connectivity index is 2.64. The Kier molecular flexibility index (Phi) is 3.11. The van der Waals surface area contributed by atoms with Gasteiger partial charge >= 0.3 is 6.18 Å². The zero-order valence-corrected chi connectivity index (χ0v) is 9.55. The topological polar surface area (TPSA) is 0 Å². The lowest BCUT2D eigenvalue weighted by Crippen LogP contribution is -2.07. The number of hydrogen-bond acceptors (Lipinski definition) is 0. The van der Waals surface area contributed by atoms with Gasteiger partial charge in [-0.1, -0.05) is 29.8 Å². The first-order valence-electron chi connectivity index (χ1n) is 5.32. The van der Waals surface area contributed by atoms with Gasteiger partial charge in [0.15, 0.2) is 0 Å². The summed E-state index contributed by atoms with van der Waals surface area (Å²) in [5, 5.41) is 0. The molecule has 0 aliphatic heterocycles. The molecule has 0 saturated heterocycles. The second-order valence-corrected chi connectivity index (χ2v) is 4.06. The fraction of sp³-hybridized carbons (Fsp3) is 0.143. The quantitative estimate of drug-likeness (QED) is 0.640. The van der Waals surface area contributed by atoms with E-state index in [0.717, 1.165) is 12.1 Å². The van der Waals surface area contributed by atoms with E-state index in [1.54, 1.807) is 13.0 Å². The second-order valence-electron chi connectivity index (χ2n) is 4.06. The van der Waals surface area contributed by atoms with Gasteiger partial charge in [0.2, 0.25) is 0 Å². The zero-order valence-electron chi connectivity index (χ0n) is 9.55. The van der Waals surface area contributed by atoms with Crippen molar-refractivity contribution in [2.45, 2.75) is 13.1 Å². The molecule has 0 radical (unpaired) electrons. The lowest BCUT2D eigenvalue weighted by atomic mass is 9.97. The van der Waals surface area contributed by atoms with E-state index in [-0.39, 0.29) is 11.1 Å². The standard InChI is InChI=1S/C14H10F4/c1-9-5-6-12(13(7-9)14(16,17)18)10-3-2-4-11(15)8-10/h2-8H,1H3. The minimum Gasteiger partial charge on any atom is -0.207 e. The van der Waals surface area contributed by atoms with Crippen LogP contribution < -0.4 is 0 Å². The monoisotopic (exact) mass is 254 g/mol. The summed E-state index contributed by atoms with van der Waals surface area (Å²) >= 11 is 0. The van der Waals surface area contributed by atoms with Gasteiger partial charge in [0.1, 0.15) is 5.82 Å². The van der Waals surface area contributed by atoms with Crippen LogP contribution in [-0.2, 0) is 6.18 Å². The van der Waals surface area contributed by atoms with Gasteiger partial charge in [-0.05, 0) is 36.2 Å². The van der Waals surface area contributed by atoms with Crippen molar-refractivity contribution in [2.24, 2.45) is 0 Å². The van der Waals surface area contributed by atoms with Gasteiger partial charge in [0, 0.05) is 0 Å². The highest BCUT2D eigenvalue weighted by molar-refractivity contribution is 5.68. The third kappa shape index (κ3) is 2.53. The minimum absolute atomic E-state index is 0.00685. The van der Waals surface area contributed by atoms with E-state index in [1.165, 1.54) is 24.3 Å². The number of rotatable bonds is 1. The Labute approximate surface area is 102 Å². The van der Waals surface area contributed by atoms with E-state index in [9.17, 15) is 17.6 Å². The lowest BCUT2D eigenvalue weighted by Gasteiger charge is -2.14. The predicted octanol–water partition coefficient (Wildman–Crippen LogP) is 4.82. The first kappa shape index (κ1) is 12.6. The summed E-state index contributed by atoms with van der Waals surface area (Å²) in [6.45, 7) is 1.59.